The molecule has 182 valence electrons. The minimum Gasteiger partial charge on any atom is -0.352 e. The van der Waals surface area contributed by atoms with E-state index in [4.69, 9.17) is 0 Å². The fourth-order valence-corrected chi connectivity index (χ4v) is 4.36. The van der Waals surface area contributed by atoms with E-state index in [0.717, 1.165) is 55.6 Å². The van der Waals surface area contributed by atoms with Gasteiger partial charge in [-0.3, -0.25) is 29.8 Å². The zero-order valence-corrected chi connectivity index (χ0v) is 20.2. The standard InChI is InChI=1S/C27H23N9O/c1-36(2)15-26(37)32-18-7-17(10-29-11-18)22-9-20-25(14-31-22)34-35-27(20)23-8-19-21(12-30-13-24(19)33-23)16-3-5-28-6-4-16/h3-14,33H,15H2,1-2H3,(H,32,37)(H,34,35). The number of anilines is 1. The molecule has 0 bridgehead atoms. The molecular formula is C27H23N9O. The summed E-state index contributed by atoms with van der Waals surface area (Å²) in [4.78, 5) is 34.9. The molecule has 3 N–H and O–H groups in total. The molecule has 0 aliphatic rings. The Hall–Kier alpha value is -4.96. The molecule has 0 unspecified atom stereocenters. The van der Waals surface area contributed by atoms with Gasteiger partial charge in [-0.05, 0) is 50.0 Å². The highest BCUT2D eigenvalue weighted by Crippen LogP contribution is 2.34. The van der Waals surface area contributed by atoms with Crippen LogP contribution in [0.5, 0.6) is 0 Å². The third-order valence-corrected chi connectivity index (χ3v) is 6.02. The number of aromatic nitrogens is 7. The highest BCUT2D eigenvalue weighted by Gasteiger charge is 2.15. The van der Waals surface area contributed by atoms with Crippen LogP contribution in [0.3, 0.4) is 0 Å². The number of H-pyrrole nitrogens is 2. The molecule has 0 aliphatic carbocycles. The lowest BCUT2D eigenvalue weighted by molar-refractivity contribution is -0.116. The van der Waals surface area contributed by atoms with E-state index in [2.05, 4.69) is 46.5 Å². The normalized spacial score (nSPS) is 11.4. The van der Waals surface area contributed by atoms with Gasteiger partial charge in [-0.1, -0.05) is 0 Å². The molecule has 10 heteroatoms. The number of likely N-dealkylation sites (N-methyl/N-ethyl adjacent to an activating group) is 1. The third kappa shape index (κ3) is 4.41. The molecule has 6 rings (SSSR count). The summed E-state index contributed by atoms with van der Waals surface area (Å²) in [6.45, 7) is 0.287. The number of hydrogen-bond acceptors (Lipinski definition) is 7. The SMILES string of the molecule is CN(C)CC(=O)Nc1cncc(-c2cc3c(-c4cc5c(-c6ccncc6)cncc5[nH]4)n[nH]c3cn2)c1. The van der Waals surface area contributed by atoms with Crippen molar-refractivity contribution in [3.8, 4) is 33.8 Å². The maximum atomic E-state index is 12.2. The number of fused-ring (bicyclic) bond motifs is 2. The lowest BCUT2D eigenvalue weighted by atomic mass is 10.1. The molecule has 0 spiro atoms. The van der Waals surface area contributed by atoms with Crippen LogP contribution in [-0.4, -0.2) is 66.6 Å². The van der Waals surface area contributed by atoms with E-state index >= 15 is 0 Å². The second-order valence-electron chi connectivity index (χ2n) is 9.00. The third-order valence-electron chi connectivity index (χ3n) is 6.02. The zero-order valence-electron chi connectivity index (χ0n) is 20.2. The van der Waals surface area contributed by atoms with Gasteiger partial charge in [-0.25, -0.2) is 0 Å². The summed E-state index contributed by atoms with van der Waals surface area (Å²) < 4.78 is 0. The van der Waals surface area contributed by atoms with E-state index in [9.17, 15) is 4.79 Å². The first-order valence-electron chi connectivity index (χ1n) is 11.7. The second kappa shape index (κ2) is 9.25. The average molecular weight is 490 g/mol. The molecule has 1 amide bonds. The van der Waals surface area contributed by atoms with Gasteiger partial charge in [-0.15, -0.1) is 0 Å². The Bertz CT molecular complexity index is 1740. The number of carbonyl (C=O) groups excluding carboxylic acids is 1. The minimum absolute atomic E-state index is 0.107. The Balaban J connectivity index is 1.38. The van der Waals surface area contributed by atoms with E-state index < -0.39 is 0 Å². The number of aromatic amines is 2. The van der Waals surface area contributed by atoms with Gasteiger partial charge in [0, 0.05) is 46.7 Å². The van der Waals surface area contributed by atoms with E-state index in [1.807, 2.05) is 55.7 Å². The van der Waals surface area contributed by atoms with Gasteiger partial charge < -0.3 is 15.2 Å². The Kier molecular flexibility index (Phi) is 5.62. The van der Waals surface area contributed by atoms with Crippen LogP contribution in [0.2, 0.25) is 0 Å². The predicted octanol–water partition coefficient (Wildman–Crippen LogP) is 4.13. The van der Waals surface area contributed by atoms with Crippen LogP contribution in [0.15, 0.2) is 73.7 Å². The maximum absolute atomic E-state index is 12.2. The number of nitrogens with one attached hydrogen (secondary N) is 3. The summed E-state index contributed by atoms with van der Waals surface area (Å²) in [5.74, 6) is -0.107. The zero-order chi connectivity index (χ0) is 25.4. The number of hydrogen-bond donors (Lipinski definition) is 3. The van der Waals surface area contributed by atoms with Crippen LogP contribution in [-0.2, 0) is 4.79 Å². The Morgan fingerprint density at radius 2 is 1.73 bits per heavy atom. The maximum Gasteiger partial charge on any atom is 0.238 e. The molecule has 37 heavy (non-hydrogen) atoms. The van der Waals surface area contributed by atoms with Crippen molar-refractivity contribution >= 4 is 33.4 Å². The van der Waals surface area contributed by atoms with Crippen LogP contribution in [0.25, 0.3) is 55.6 Å². The summed E-state index contributed by atoms with van der Waals surface area (Å²) in [6.07, 6.45) is 12.3. The van der Waals surface area contributed by atoms with Crippen molar-refractivity contribution in [2.75, 3.05) is 26.0 Å². The van der Waals surface area contributed by atoms with Gasteiger partial charge in [0.1, 0.15) is 5.69 Å². The molecular weight excluding hydrogens is 466 g/mol. The van der Waals surface area contributed by atoms with Crippen LogP contribution in [0, 0.1) is 0 Å². The molecule has 0 saturated carbocycles. The molecule has 0 saturated heterocycles. The largest absolute Gasteiger partial charge is 0.352 e. The number of carbonyl (C=O) groups is 1. The van der Waals surface area contributed by atoms with Gasteiger partial charge in [-0.2, -0.15) is 5.10 Å². The Labute approximate surface area is 211 Å². The topological polar surface area (TPSA) is 128 Å². The summed E-state index contributed by atoms with van der Waals surface area (Å²) in [5.41, 5.74) is 7.56. The van der Waals surface area contributed by atoms with Crippen molar-refractivity contribution in [3.05, 3.63) is 73.7 Å². The van der Waals surface area contributed by atoms with Crippen molar-refractivity contribution in [2.45, 2.75) is 0 Å². The van der Waals surface area contributed by atoms with Gasteiger partial charge >= 0.3 is 0 Å². The monoisotopic (exact) mass is 489 g/mol. The smallest absolute Gasteiger partial charge is 0.238 e. The van der Waals surface area contributed by atoms with E-state index in [1.54, 1.807) is 31.0 Å². The predicted molar refractivity (Wildman–Crippen MR) is 143 cm³/mol. The summed E-state index contributed by atoms with van der Waals surface area (Å²) in [5, 5.41) is 12.5. The molecule has 0 aromatic carbocycles. The van der Waals surface area contributed by atoms with Crippen molar-refractivity contribution in [3.63, 3.8) is 0 Å². The molecule has 0 aliphatic heterocycles. The summed E-state index contributed by atoms with van der Waals surface area (Å²) >= 11 is 0. The number of nitrogens with zero attached hydrogens (tertiary/aromatic N) is 6. The van der Waals surface area contributed by atoms with Crippen LogP contribution >= 0.6 is 0 Å². The first kappa shape index (κ1) is 22.5. The molecule has 0 fully saturated rings. The Morgan fingerprint density at radius 1 is 0.892 bits per heavy atom. The molecule has 0 radical (unpaired) electrons. The molecule has 6 aromatic heterocycles. The van der Waals surface area contributed by atoms with Gasteiger partial charge in [0.05, 0.1) is 53.2 Å². The highest BCUT2D eigenvalue weighted by atomic mass is 16.2. The lowest BCUT2D eigenvalue weighted by Crippen LogP contribution is -2.27. The second-order valence-corrected chi connectivity index (χ2v) is 9.00. The summed E-state index contributed by atoms with van der Waals surface area (Å²) in [7, 11) is 3.69. The summed E-state index contributed by atoms with van der Waals surface area (Å²) in [6, 6.07) is 9.87. The van der Waals surface area contributed by atoms with Gasteiger partial charge in [0.2, 0.25) is 5.91 Å². The number of amides is 1. The van der Waals surface area contributed by atoms with Crippen LogP contribution in [0.4, 0.5) is 5.69 Å². The molecule has 6 heterocycles. The fraction of sp³-hybridized carbons (Fsp3) is 0.111. The lowest BCUT2D eigenvalue weighted by Gasteiger charge is -2.10. The quantitative estimate of drug-likeness (QED) is 0.321. The fourth-order valence-electron chi connectivity index (χ4n) is 4.36. The van der Waals surface area contributed by atoms with E-state index in [-0.39, 0.29) is 12.5 Å². The Morgan fingerprint density at radius 3 is 2.57 bits per heavy atom. The first-order valence-corrected chi connectivity index (χ1v) is 11.7. The molecule has 10 nitrogen and oxygen atoms in total. The van der Waals surface area contributed by atoms with Gasteiger partial charge in [0.15, 0.2) is 0 Å². The highest BCUT2D eigenvalue weighted by molar-refractivity contribution is 6.01. The van der Waals surface area contributed by atoms with Crippen LogP contribution < -0.4 is 5.32 Å². The first-order chi connectivity index (χ1) is 18.0. The molecule has 6 aromatic rings. The minimum atomic E-state index is -0.107. The average Bonchev–Trinajstić information content (AvgIpc) is 3.52. The van der Waals surface area contributed by atoms with Crippen molar-refractivity contribution in [1.82, 2.24) is 40.0 Å². The number of pyridine rings is 4. The van der Waals surface area contributed by atoms with Crippen molar-refractivity contribution in [1.29, 1.82) is 0 Å². The van der Waals surface area contributed by atoms with Gasteiger partial charge in [0.25, 0.3) is 0 Å². The number of rotatable bonds is 6. The van der Waals surface area contributed by atoms with E-state index in [1.165, 1.54) is 0 Å². The van der Waals surface area contributed by atoms with Crippen molar-refractivity contribution in [2.24, 2.45) is 0 Å². The van der Waals surface area contributed by atoms with Crippen molar-refractivity contribution < 1.29 is 4.79 Å². The molecule has 0 atom stereocenters. The van der Waals surface area contributed by atoms with E-state index in [0.29, 0.717) is 5.69 Å². The van der Waals surface area contributed by atoms with Crippen LogP contribution in [0.1, 0.15) is 0 Å².